The molecule has 70 valence electrons. The molecular weight excluding hydrogens is 166 g/mol. The molecular formula is C10H13NO2. The van der Waals surface area contributed by atoms with E-state index in [1.807, 2.05) is 6.92 Å². The lowest BCUT2D eigenvalue weighted by Gasteiger charge is -2.01. The zero-order chi connectivity index (χ0) is 9.84. The normalized spacial score (nSPS) is 10.0. The molecule has 3 nitrogen and oxygen atoms in total. The summed E-state index contributed by atoms with van der Waals surface area (Å²) < 4.78 is 1.48. The van der Waals surface area contributed by atoms with Crippen LogP contribution in [0, 0.1) is 0 Å². The van der Waals surface area contributed by atoms with E-state index in [1.54, 1.807) is 19.3 Å². The zero-order valence-electron chi connectivity index (χ0n) is 7.91. The molecule has 0 fully saturated rings. The topological polar surface area (TPSA) is 39.1 Å². The molecule has 0 aliphatic carbocycles. The van der Waals surface area contributed by atoms with Crippen molar-refractivity contribution in [2.24, 2.45) is 7.05 Å². The molecule has 0 radical (unpaired) electrons. The number of aryl methyl sites for hydroxylation is 1. The summed E-state index contributed by atoms with van der Waals surface area (Å²) in [6.45, 7) is 1.84. The first kappa shape index (κ1) is 9.71. The van der Waals surface area contributed by atoms with Crippen LogP contribution in [0.1, 0.15) is 18.9 Å². The molecule has 13 heavy (non-hydrogen) atoms. The van der Waals surface area contributed by atoms with Gasteiger partial charge in [0.2, 0.25) is 5.56 Å². The van der Waals surface area contributed by atoms with Crippen LogP contribution in [0.25, 0.3) is 0 Å². The van der Waals surface area contributed by atoms with Gasteiger partial charge in [0.1, 0.15) is 5.78 Å². The Labute approximate surface area is 77.0 Å². The smallest absolute Gasteiger partial charge is 0.250 e. The second-order valence-corrected chi connectivity index (χ2v) is 3.06. The van der Waals surface area contributed by atoms with E-state index in [0.29, 0.717) is 12.8 Å². The van der Waals surface area contributed by atoms with Crippen LogP contribution in [0.5, 0.6) is 0 Å². The third-order valence-electron chi connectivity index (χ3n) is 1.94. The van der Waals surface area contributed by atoms with Gasteiger partial charge >= 0.3 is 0 Å². The van der Waals surface area contributed by atoms with E-state index in [-0.39, 0.29) is 11.3 Å². The number of aromatic nitrogens is 1. The first-order valence-corrected chi connectivity index (χ1v) is 4.30. The number of ketones is 1. The van der Waals surface area contributed by atoms with E-state index < -0.39 is 0 Å². The van der Waals surface area contributed by atoms with Crippen LogP contribution in [0.15, 0.2) is 23.1 Å². The Bertz CT molecular complexity index is 365. The Morgan fingerprint density at radius 2 is 2.15 bits per heavy atom. The molecule has 0 N–H and O–H groups in total. The molecule has 0 aliphatic heterocycles. The highest BCUT2D eigenvalue weighted by Crippen LogP contribution is 1.98. The number of hydrogen-bond acceptors (Lipinski definition) is 2. The first-order valence-electron chi connectivity index (χ1n) is 4.30. The SMILES string of the molecule is CCC(=O)Cc1ccc(=O)n(C)c1. The minimum Gasteiger partial charge on any atom is -0.318 e. The number of Topliss-reactive ketones (excluding diaryl/α,β-unsaturated/α-hetero) is 1. The van der Waals surface area contributed by atoms with Gasteiger partial charge in [0.05, 0.1) is 0 Å². The molecule has 3 heteroatoms. The Hall–Kier alpha value is -1.38. The molecule has 0 aliphatic rings. The fourth-order valence-corrected chi connectivity index (χ4v) is 1.11. The average Bonchev–Trinajstić information content (AvgIpc) is 2.11. The van der Waals surface area contributed by atoms with Crippen LogP contribution < -0.4 is 5.56 Å². The van der Waals surface area contributed by atoms with Crippen molar-refractivity contribution in [1.82, 2.24) is 4.57 Å². The van der Waals surface area contributed by atoms with E-state index in [1.165, 1.54) is 10.6 Å². The predicted molar refractivity (Wildman–Crippen MR) is 50.7 cm³/mol. The number of rotatable bonds is 3. The van der Waals surface area contributed by atoms with Crippen molar-refractivity contribution in [3.8, 4) is 0 Å². The van der Waals surface area contributed by atoms with Crippen molar-refractivity contribution in [2.75, 3.05) is 0 Å². The lowest BCUT2D eigenvalue weighted by Crippen LogP contribution is -2.15. The molecule has 0 bridgehead atoms. The van der Waals surface area contributed by atoms with Crippen LogP contribution in [-0.4, -0.2) is 10.4 Å². The van der Waals surface area contributed by atoms with Gasteiger partial charge in [-0.1, -0.05) is 13.0 Å². The predicted octanol–water partition coefficient (Wildman–Crippen LogP) is 0.907. The van der Waals surface area contributed by atoms with E-state index in [4.69, 9.17) is 0 Å². The Kier molecular flexibility index (Phi) is 3.01. The number of nitrogens with zero attached hydrogens (tertiary/aromatic N) is 1. The van der Waals surface area contributed by atoms with Gasteiger partial charge in [-0.05, 0) is 5.56 Å². The lowest BCUT2D eigenvalue weighted by atomic mass is 10.1. The molecule has 0 saturated heterocycles. The summed E-state index contributed by atoms with van der Waals surface area (Å²) in [6, 6.07) is 3.19. The zero-order valence-corrected chi connectivity index (χ0v) is 7.91. The molecule has 0 aromatic carbocycles. The Morgan fingerprint density at radius 3 is 2.69 bits per heavy atom. The molecule has 0 amide bonds. The van der Waals surface area contributed by atoms with E-state index in [0.717, 1.165) is 5.56 Å². The number of pyridine rings is 1. The van der Waals surface area contributed by atoms with Gasteiger partial charge in [0.25, 0.3) is 0 Å². The first-order chi connectivity index (χ1) is 6.13. The molecule has 0 unspecified atom stereocenters. The molecule has 0 spiro atoms. The molecule has 1 heterocycles. The van der Waals surface area contributed by atoms with Crippen LogP contribution in [0.2, 0.25) is 0 Å². The summed E-state index contributed by atoms with van der Waals surface area (Å²) in [7, 11) is 1.68. The summed E-state index contributed by atoms with van der Waals surface area (Å²) >= 11 is 0. The van der Waals surface area contributed by atoms with Crippen molar-refractivity contribution in [3.63, 3.8) is 0 Å². The highest BCUT2D eigenvalue weighted by molar-refractivity contribution is 5.80. The second-order valence-electron chi connectivity index (χ2n) is 3.06. The summed E-state index contributed by atoms with van der Waals surface area (Å²) in [5, 5.41) is 0. The number of carbonyl (C=O) groups is 1. The van der Waals surface area contributed by atoms with Gasteiger partial charge in [-0.25, -0.2) is 0 Å². The van der Waals surface area contributed by atoms with Crippen molar-refractivity contribution >= 4 is 5.78 Å². The van der Waals surface area contributed by atoms with Crippen molar-refractivity contribution in [3.05, 3.63) is 34.2 Å². The van der Waals surface area contributed by atoms with E-state index in [9.17, 15) is 9.59 Å². The van der Waals surface area contributed by atoms with E-state index >= 15 is 0 Å². The summed E-state index contributed by atoms with van der Waals surface area (Å²) in [5.74, 6) is 0.193. The van der Waals surface area contributed by atoms with Crippen LogP contribution in [0.4, 0.5) is 0 Å². The number of hydrogen-bond donors (Lipinski definition) is 0. The molecule has 1 aromatic rings. The summed E-state index contributed by atoms with van der Waals surface area (Å²) in [5.41, 5.74) is 0.849. The van der Waals surface area contributed by atoms with Gasteiger partial charge in [-0.3, -0.25) is 9.59 Å². The monoisotopic (exact) mass is 179 g/mol. The van der Waals surface area contributed by atoms with E-state index in [2.05, 4.69) is 0 Å². The average molecular weight is 179 g/mol. The standard InChI is InChI=1S/C10H13NO2/c1-3-9(12)6-8-4-5-10(13)11(2)7-8/h4-5,7H,3,6H2,1-2H3. The largest absolute Gasteiger partial charge is 0.318 e. The fraction of sp³-hybridized carbons (Fsp3) is 0.400. The summed E-state index contributed by atoms with van der Waals surface area (Å²) in [6.07, 6.45) is 2.67. The maximum Gasteiger partial charge on any atom is 0.250 e. The fourth-order valence-electron chi connectivity index (χ4n) is 1.11. The minimum absolute atomic E-state index is 0.0484. The van der Waals surface area contributed by atoms with Crippen molar-refractivity contribution in [1.29, 1.82) is 0 Å². The van der Waals surface area contributed by atoms with Crippen LogP contribution in [0.3, 0.4) is 0 Å². The van der Waals surface area contributed by atoms with Gasteiger partial charge in [0.15, 0.2) is 0 Å². The Balaban J connectivity index is 2.86. The van der Waals surface area contributed by atoms with Crippen LogP contribution in [-0.2, 0) is 18.3 Å². The van der Waals surface area contributed by atoms with Crippen LogP contribution >= 0.6 is 0 Å². The van der Waals surface area contributed by atoms with Gasteiger partial charge in [-0.2, -0.15) is 0 Å². The third kappa shape index (κ3) is 2.54. The quantitative estimate of drug-likeness (QED) is 0.691. The highest BCUT2D eigenvalue weighted by Gasteiger charge is 2.01. The molecule has 0 saturated carbocycles. The van der Waals surface area contributed by atoms with Crippen molar-refractivity contribution in [2.45, 2.75) is 19.8 Å². The number of carbonyl (C=O) groups excluding carboxylic acids is 1. The summed E-state index contributed by atoms with van der Waals surface area (Å²) in [4.78, 5) is 22.1. The Morgan fingerprint density at radius 1 is 1.46 bits per heavy atom. The second kappa shape index (κ2) is 4.03. The maximum absolute atomic E-state index is 11.1. The van der Waals surface area contributed by atoms with Gasteiger partial charge in [0, 0.05) is 32.2 Å². The molecule has 0 atom stereocenters. The van der Waals surface area contributed by atoms with Crippen molar-refractivity contribution < 1.29 is 4.79 Å². The maximum atomic E-state index is 11.1. The third-order valence-corrected chi connectivity index (χ3v) is 1.94. The lowest BCUT2D eigenvalue weighted by molar-refractivity contribution is -0.118. The molecule has 1 aromatic heterocycles. The molecule has 1 rings (SSSR count). The minimum atomic E-state index is -0.0484. The highest BCUT2D eigenvalue weighted by atomic mass is 16.1. The van der Waals surface area contributed by atoms with Gasteiger partial charge in [-0.15, -0.1) is 0 Å². The van der Waals surface area contributed by atoms with Gasteiger partial charge < -0.3 is 4.57 Å².